The van der Waals surface area contributed by atoms with Gasteiger partial charge in [-0.05, 0) is 0 Å². The van der Waals surface area contributed by atoms with E-state index in [1.54, 1.807) is 0 Å². The highest BCUT2D eigenvalue weighted by Crippen LogP contribution is 2.16. The van der Waals surface area contributed by atoms with E-state index in [9.17, 15) is 4.79 Å². The van der Waals surface area contributed by atoms with Crippen LogP contribution in [0.5, 0.6) is 0 Å². The monoisotopic (exact) mass is 178 g/mol. The molecule has 1 aliphatic rings. The lowest BCUT2D eigenvalue weighted by atomic mass is 10.1. The Hall–Kier alpha value is -0.490. The Bertz CT molecular complexity index is 117. The third kappa shape index (κ3) is 3.77. The van der Waals surface area contributed by atoms with Gasteiger partial charge in [-0.25, -0.2) is 0 Å². The number of aliphatic hydroxyl groups is 3. The molecule has 1 fully saturated rings. The largest absolute Gasteiger partial charge is 0.400 e. The Morgan fingerprint density at radius 1 is 1.33 bits per heavy atom. The van der Waals surface area contributed by atoms with Crippen LogP contribution in [0.25, 0.3) is 0 Å². The average Bonchev–Trinajstić information content (AvgIpc) is 2.06. The van der Waals surface area contributed by atoms with E-state index in [1.807, 2.05) is 0 Å². The van der Waals surface area contributed by atoms with Gasteiger partial charge in [-0.2, -0.15) is 0 Å². The molecule has 1 saturated heterocycles. The Kier molecular flexibility index (Phi) is 5.83. The van der Waals surface area contributed by atoms with Crippen molar-refractivity contribution in [2.75, 3.05) is 7.11 Å². The Morgan fingerprint density at radius 3 is 2.33 bits per heavy atom. The number of carbonyl (C=O) groups excluding carboxylic acids is 1. The molecule has 0 saturated carbocycles. The average molecular weight is 178 g/mol. The lowest BCUT2D eigenvalue weighted by molar-refractivity contribution is -0.186. The smallest absolute Gasteiger partial charge is 0.157 e. The minimum atomic E-state index is -0.987. The zero-order valence-electron chi connectivity index (χ0n) is 6.88. The van der Waals surface area contributed by atoms with Crippen LogP contribution < -0.4 is 0 Å². The molecule has 0 aromatic heterocycles. The predicted molar refractivity (Wildman–Crippen MR) is 40.3 cm³/mol. The number of ether oxygens (including phenoxy) is 1. The topological polar surface area (TPSA) is 87.0 Å². The van der Waals surface area contributed by atoms with Crippen LogP contribution in [-0.2, 0) is 9.53 Å². The minimum absolute atomic E-state index is 0.199. The van der Waals surface area contributed by atoms with Crippen molar-refractivity contribution in [2.45, 2.75) is 31.3 Å². The summed E-state index contributed by atoms with van der Waals surface area (Å²) in [5, 5.41) is 24.8. The van der Waals surface area contributed by atoms with Gasteiger partial charge in [-0.15, -0.1) is 0 Å². The lowest BCUT2D eigenvalue weighted by Gasteiger charge is -2.26. The van der Waals surface area contributed by atoms with Crippen molar-refractivity contribution in [3.8, 4) is 0 Å². The van der Waals surface area contributed by atoms with Crippen LogP contribution in [0.3, 0.4) is 0 Å². The van der Waals surface area contributed by atoms with Gasteiger partial charge in [0.05, 0.1) is 6.10 Å². The molecular weight excluding hydrogens is 164 g/mol. The van der Waals surface area contributed by atoms with Crippen LogP contribution in [0.15, 0.2) is 0 Å². The fourth-order valence-electron chi connectivity index (χ4n) is 0.998. The summed E-state index contributed by atoms with van der Waals surface area (Å²) in [5.74, 6) is 0. The third-order valence-corrected chi connectivity index (χ3v) is 1.46. The molecular formula is C7H14O5. The summed E-state index contributed by atoms with van der Waals surface area (Å²) >= 11 is 0. The van der Waals surface area contributed by atoms with Crippen molar-refractivity contribution in [1.82, 2.24) is 0 Å². The molecule has 0 aliphatic carbocycles. The highest BCUT2D eigenvalue weighted by atomic mass is 16.6. The molecule has 0 aromatic carbocycles. The van der Waals surface area contributed by atoms with Gasteiger partial charge in [0.15, 0.2) is 6.29 Å². The van der Waals surface area contributed by atoms with E-state index in [2.05, 4.69) is 0 Å². The molecule has 3 unspecified atom stereocenters. The minimum Gasteiger partial charge on any atom is -0.400 e. The SMILES string of the molecule is CO.O=CC1CC(O)CC(O)O1. The number of carbonyl (C=O) groups is 1. The molecule has 12 heavy (non-hydrogen) atoms. The van der Waals surface area contributed by atoms with E-state index in [4.69, 9.17) is 20.1 Å². The maximum Gasteiger partial charge on any atom is 0.157 e. The summed E-state index contributed by atoms with van der Waals surface area (Å²) in [6.45, 7) is 0. The number of rotatable bonds is 1. The Labute approximate surface area is 70.6 Å². The van der Waals surface area contributed by atoms with E-state index in [-0.39, 0.29) is 6.42 Å². The molecule has 0 radical (unpaired) electrons. The zero-order valence-corrected chi connectivity index (χ0v) is 6.88. The van der Waals surface area contributed by atoms with Crippen LogP contribution in [0.4, 0.5) is 0 Å². The second-order valence-electron chi connectivity index (χ2n) is 2.39. The molecule has 5 nitrogen and oxygen atoms in total. The summed E-state index contributed by atoms with van der Waals surface area (Å²) in [6.07, 6.45) is -1.16. The predicted octanol–water partition coefficient (Wildman–Crippen LogP) is -1.35. The fourth-order valence-corrected chi connectivity index (χ4v) is 0.998. The molecule has 0 spiro atoms. The summed E-state index contributed by atoms with van der Waals surface area (Å²) in [5.41, 5.74) is 0. The van der Waals surface area contributed by atoms with Crippen LogP contribution in [0.1, 0.15) is 12.8 Å². The van der Waals surface area contributed by atoms with Crippen LogP contribution in [0.2, 0.25) is 0 Å². The van der Waals surface area contributed by atoms with Gasteiger partial charge in [0.2, 0.25) is 0 Å². The molecule has 1 rings (SSSR count). The normalized spacial score (nSPS) is 34.8. The van der Waals surface area contributed by atoms with Crippen molar-refractivity contribution in [3.05, 3.63) is 0 Å². The molecule has 5 heteroatoms. The molecule has 3 atom stereocenters. The molecule has 1 aliphatic heterocycles. The summed E-state index contributed by atoms with van der Waals surface area (Å²) in [7, 11) is 1.00. The first kappa shape index (κ1) is 11.5. The second-order valence-corrected chi connectivity index (χ2v) is 2.39. The Morgan fingerprint density at radius 2 is 1.92 bits per heavy atom. The van der Waals surface area contributed by atoms with E-state index in [0.29, 0.717) is 12.7 Å². The number of aldehydes is 1. The maximum absolute atomic E-state index is 10.1. The lowest BCUT2D eigenvalue weighted by Crippen LogP contribution is -2.36. The summed E-state index contributed by atoms with van der Waals surface area (Å²) in [6, 6.07) is 0. The van der Waals surface area contributed by atoms with Crippen molar-refractivity contribution in [3.63, 3.8) is 0 Å². The Balaban J connectivity index is 0.000000561. The molecule has 72 valence electrons. The quantitative estimate of drug-likeness (QED) is 0.432. The number of aliphatic hydroxyl groups excluding tert-OH is 3. The van der Waals surface area contributed by atoms with Crippen LogP contribution in [-0.4, -0.2) is 47.2 Å². The first-order chi connectivity index (χ1) is 5.72. The van der Waals surface area contributed by atoms with Crippen molar-refractivity contribution >= 4 is 6.29 Å². The van der Waals surface area contributed by atoms with Gasteiger partial charge in [-0.1, -0.05) is 0 Å². The van der Waals surface area contributed by atoms with Gasteiger partial charge in [0.1, 0.15) is 12.4 Å². The highest BCUT2D eigenvalue weighted by Gasteiger charge is 2.26. The van der Waals surface area contributed by atoms with E-state index < -0.39 is 18.5 Å². The first-order valence-corrected chi connectivity index (χ1v) is 3.64. The van der Waals surface area contributed by atoms with Crippen molar-refractivity contribution in [1.29, 1.82) is 0 Å². The molecule has 0 amide bonds. The maximum atomic E-state index is 10.1. The van der Waals surface area contributed by atoms with Gasteiger partial charge in [0, 0.05) is 20.0 Å². The van der Waals surface area contributed by atoms with Gasteiger partial charge in [-0.3, -0.25) is 0 Å². The molecule has 0 bridgehead atoms. The van der Waals surface area contributed by atoms with Gasteiger partial charge >= 0.3 is 0 Å². The number of hydrogen-bond acceptors (Lipinski definition) is 5. The van der Waals surface area contributed by atoms with Crippen molar-refractivity contribution in [2.24, 2.45) is 0 Å². The number of hydrogen-bond donors (Lipinski definition) is 3. The second kappa shape index (κ2) is 6.07. The summed E-state index contributed by atoms with van der Waals surface area (Å²) < 4.78 is 4.73. The van der Waals surface area contributed by atoms with Gasteiger partial charge < -0.3 is 24.9 Å². The van der Waals surface area contributed by atoms with Gasteiger partial charge in [0.25, 0.3) is 0 Å². The van der Waals surface area contributed by atoms with Crippen LogP contribution >= 0.6 is 0 Å². The van der Waals surface area contributed by atoms with Crippen molar-refractivity contribution < 1.29 is 24.9 Å². The molecule has 3 N–H and O–H groups in total. The van der Waals surface area contributed by atoms with E-state index in [1.165, 1.54) is 0 Å². The summed E-state index contributed by atoms with van der Waals surface area (Å²) in [4.78, 5) is 10.1. The third-order valence-electron chi connectivity index (χ3n) is 1.46. The highest BCUT2D eigenvalue weighted by molar-refractivity contribution is 5.56. The van der Waals surface area contributed by atoms with Crippen LogP contribution in [0, 0.1) is 0 Å². The zero-order chi connectivity index (χ0) is 9.56. The fraction of sp³-hybridized carbons (Fsp3) is 0.857. The standard InChI is InChI=1S/C6H10O4.CH4O/c7-3-5-1-4(8)2-6(9)10-5;1-2/h3-6,8-9H,1-2H2;2H,1H3. The van der Waals surface area contributed by atoms with E-state index in [0.717, 1.165) is 7.11 Å². The molecule has 0 aromatic rings. The first-order valence-electron chi connectivity index (χ1n) is 3.64. The molecule has 1 heterocycles. The van der Waals surface area contributed by atoms with E-state index >= 15 is 0 Å².